The Hall–Kier alpha value is -0.570. The maximum atomic E-state index is 9.60. The fourth-order valence-electron chi connectivity index (χ4n) is 0.724. The van der Waals surface area contributed by atoms with Crippen molar-refractivity contribution in [2.75, 3.05) is 13.2 Å². The molecule has 0 aromatic carbocycles. The molecule has 0 radical (unpaired) electrons. The quantitative estimate of drug-likeness (QED) is 0.668. The van der Waals surface area contributed by atoms with Crippen molar-refractivity contribution < 1.29 is 14.6 Å². The van der Waals surface area contributed by atoms with Crippen LogP contribution in [0.2, 0.25) is 0 Å². The highest BCUT2D eigenvalue weighted by Crippen LogP contribution is 1.98. The second kappa shape index (κ2) is 7.54. The Kier molecular flexibility index (Phi) is 7.15. The van der Waals surface area contributed by atoms with Crippen LogP contribution in [0.3, 0.4) is 0 Å². The summed E-state index contributed by atoms with van der Waals surface area (Å²) in [5, 5.41) is 7.91. The smallest absolute Gasteiger partial charge is 0.303 e. The molecular formula is C8H16O3. The normalized spacial score (nSPS) is 15.4. The molecule has 0 spiro atoms. The highest BCUT2D eigenvalue weighted by molar-refractivity contribution is 5.66. The van der Waals surface area contributed by atoms with Gasteiger partial charge in [0.25, 0.3) is 0 Å². The van der Waals surface area contributed by atoms with Crippen molar-refractivity contribution in [1.29, 1.82) is 0 Å². The first-order chi connectivity index (χ1) is 5.27. The molecule has 1 heterocycles. The van der Waals surface area contributed by atoms with Gasteiger partial charge in [-0.1, -0.05) is 6.92 Å². The van der Waals surface area contributed by atoms with Gasteiger partial charge >= 0.3 is 5.97 Å². The first-order valence-electron chi connectivity index (χ1n) is 4.07. The zero-order chi connectivity index (χ0) is 8.53. The van der Waals surface area contributed by atoms with Crippen molar-refractivity contribution in [1.82, 2.24) is 0 Å². The van der Waals surface area contributed by atoms with Crippen LogP contribution in [0.4, 0.5) is 0 Å². The number of carboxylic acid groups (broad SMARTS) is 1. The van der Waals surface area contributed by atoms with Crippen LogP contribution in [-0.2, 0) is 9.53 Å². The van der Waals surface area contributed by atoms with E-state index in [9.17, 15) is 4.79 Å². The lowest BCUT2D eigenvalue weighted by molar-refractivity contribution is -0.137. The highest BCUT2D eigenvalue weighted by Gasteiger charge is 1.94. The maximum absolute atomic E-state index is 9.60. The summed E-state index contributed by atoms with van der Waals surface area (Å²) in [6.45, 7) is 3.84. The van der Waals surface area contributed by atoms with Gasteiger partial charge in [0.1, 0.15) is 0 Å². The summed E-state index contributed by atoms with van der Waals surface area (Å²) in [5.41, 5.74) is 0. The van der Waals surface area contributed by atoms with E-state index in [1.165, 1.54) is 12.8 Å². The third kappa shape index (κ3) is 9.43. The van der Waals surface area contributed by atoms with E-state index in [4.69, 9.17) is 9.84 Å². The number of ether oxygens (including phenoxy) is 1. The largest absolute Gasteiger partial charge is 0.481 e. The molecule has 0 aliphatic carbocycles. The molecule has 0 amide bonds. The molecule has 66 valence electrons. The van der Waals surface area contributed by atoms with Gasteiger partial charge in [0.15, 0.2) is 0 Å². The molecule has 0 unspecified atom stereocenters. The molecule has 3 heteroatoms. The molecule has 1 rings (SSSR count). The number of hydrogen-bond acceptors (Lipinski definition) is 2. The minimum atomic E-state index is -0.711. The average Bonchev–Trinajstić information content (AvgIpc) is 2.41. The average molecular weight is 160 g/mol. The van der Waals surface area contributed by atoms with Gasteiger partial charge in [0, 0.05) is 19.6 Å². The zero-order valence-electron chi connectivity index (χ0n) is 7.01. The number of carboxylic acids is 1. The Labute approximate surface area is 67.4 Å². The number of aliphatic carboxylic acids is 1. The molecule has 0 bridgehead atoms. The van der Waals surface area contributed by atoms with Gasteiger partial charge in [-0.2, -0.15) is 0 Å². The molecule has 11 heavy (non-hydrogen) atoms. The van der Waals surface area contributed by atoms with Crippen LogP contribution in [0.5, 0.6) is 0 Å². The summed E-state index contributed by atoms with van der Waals surface area (Å²) in [6, 6.07) is 0. The predicted octanol–water partition coefficient (Wildman–Crippen LogP) is 1.67. The molecule has 1 aliphatic heterocycles. The summed E-state index contributed by atoms with van der Waals surface area (Å²) in [4.78, 5) is 9.60. The second-order valence-electron chi connectivity index (χ2n) is 2.46. The van der Waals surface area contributed by atoms with Crippen LogP contribution in [0.15, 0.2) is 0 Å². The van der Waals surface area contributed by atoms with Crippen molar-refractivity contribution in [3.8, 4) is 0 Å². The lowest BCUT2D eigenvalue weighted by Gasteiger charge is -1.79. The van der Waals surface area contributed by atoms with E-state index < -0.39 is 5.97 Å². The summed E-state index contributed by atoms with van der Waals surface area (Å²) in [7, 11) is 0. The van der Waals surface area contributed by atoms with Crippen LogP contribution in [0.1, 0.15) is 32.6 Å². The Morgan fingerprint density at radius 1 is 1.45 bits per heavy atom. The Balaban J connectivity index is 0.000000183. The fraction of sp³-hybridized carbons (Fsp3) is 0.875. The lowest BCUT2D eigenvalue weighted by atomic mass is 10.4. The molecule has 1 N–H and O–H groups in total. The molecule has 1 fully saturated rings. The molecular weight excluding hydrogens is 144 g/mol. The van der Waals surface area contributed by atoms with Crippen LogP contribution in [0, 0.1) is 0 Å². The number of rotatable bonds is 2. The topological polar surface area (TPSA) is 46.5 Å². The van der Waals surface area contributed by atoms with Crippen molar-refractivity contribution >= 4 is 5.97 Å². The first-order valence-corrected chi connectivity index (χ1v) is 4.07. The third-order valence-corrected chi connectivity index (χ3v) is 1.29. The van der Waals surface area contributed by atoms with Gasteiger partial charge in [-0.05, 0) is 19.3 Å². The Bertz CT molecular complexity index is 89.9. The van der Waals surface area contributed by atoms with Crippen LogP contribution >= 0.6 is 0 Å². The molecule has 0 aromatic rings. The zero-order valence-corrected chi connectivity index (χ0v) is 7.01. The van der Waals surface area contributed by atoms with E-state index in [0.717, 1.165) is 19.6 Å². The van der Waals surface area contributed by atoms with E-state index in [1.54, 1.807) is 0 Å². The summed E-state index contributed by atoms with van der Waals surface area (Å²) in [5.74, 6) is -0.711. The second-order valence-corrected chi connectivity index (χ2v) is 2.46. The van der Waals surface area contributed by atoms with E-state index in [0.29, 0.717) is 6.42 Å². The van der Waals surface area contributed by atoms with Crippen molar-refractivity contribution in [2.45, 2.75) is 32.6 Å². The standard InChI is InChI=1S/C4H8O2.C4H8O/c1-2-3-4(5)6;1-2-4-5-3-1/h2-3H2,1H3,(H,5,6);1-4H2. The maximum Gasteiger partial charge on any atom is 0.303 e. The van der Waals surface area contributed by atoms with Gasteiger partial charge in [0.05, 0.1) is 0 Å². The van der Waals surface area contributed by atoms with Crippen molar-refractivity contribution in [3.63, 3.8) is 0 Å². The number of carbonyl (C=O) groups is 1. The molecule has 1 aliphatic rings. The predicted molar refractivity (Wildman–Crippen MR) is 42.6 cm³/mol. The molecule has 0 aromatic heterocycles. The SMILES string of the molecule is C1CCOC1.CCCC(=O)O. The van der Waals surface area contributed by atoms with E-state index in [-0.39, 0.29) is 0 Å². The molecule has 1 saturated heterocycles. The van der Waals surface area contributed by atoms with E-state index >= 15 is 0 Å². The van der Waals surface area contributed by atoms with Gasteiger partial charge < -0.3 is 9.84 Å². The molecule has 3 nitrogen and oxygen atoms in total. The first kappa shape index (κ1) is 10.4. The highest BCUT2D eigenvalue weighted by atomic mass is 16.5. The van der Waals surface area contributed by atoms with Gasteiger partial charge in [-0.15, -0.1) is 0 Å². The van der Waals surface area contributed by atoms with Gasteiger partial charge in [0.2, 0.25) is 0 Å². The van der Waals surface area contributed by atoms with E-state index in [2.05, 4.69) is 0 Å². The minimum Gasteiger partial charge on any atom is -0.481 e. The Morgan fingerprint density at radius 2 is 2.00 bits per heavy atom. The van der Waals surface area contributed by atoms with Gasteiger partial charge in [-0.25, -0.2) is 0 Å². The van der Waals surface area contributed by atoms with Crippen LogP contribution in [0.25, 0.3) is 0 Å². The minimum absolute atomic E-state index is 0.292. The summed E-state index contributed by atoms with van der Waals surface area (Å²) in [6.07, 6.45) is 3.58. The van der Waals surface area contributed by atoms with Gasteiger partial charge in [-0.3, -0.25) is 4.79 Å². The summed E-state index contributed by atoms with van der Waals surface area (Å²) >= 11 is 0. The monoisotopic (exact) mass is 160 g/mol. The number of hydrogen-bond donors (Lipinski definition) is 1. The lowest BCUT2D eigenvalue weighted by Crippen LogP contribution is -1.90. The fourth-order valence-corrected chi connectivity index (χ4v) is 0.724. The molecule has 0 saturated carbocycles. The van der Waals surface area contributed by atoms with E-state index in [1.807, 2.05) is 6.92 Å². The van der Waals surface area contributed by atoms with Crippen molar-refractivity contribution in [3.05, 3.63) is 0 Å². The van der Waals surface area contributed by atoms with Crippen molar-refractivity contribution in [2.24, 2.45) is 0 Å². The Morgan fingerprint density at radius 3 is 2.09 bits per heavy atom. The molecule has 0 atom stereocenters. The summed E-state index contributed by atoms with van der Waals surface area (Å²) < 4.78 is 4.94. The van der Waals surface area contributed by atoms with Crippen LogP contribution in [-0.4, -0.2) is 24.3 Å². The third-order valence-electron chi connectivity index (χ3n) is 1.29. The van der Waals surface area contributed by atoms with Crippen LogP contribution < -0.4 is 0 Å².